The van der Waals surface area contributed by atoms with Gasteiger partial charge < -0.3 is 10.1 Å². The minimum absolute atomic E-state index is 0. The average molecular weight is 383 g/mol. The van der Waals surface area contributed by atoms with Gasteiger partial charge >= 0.3 is 0 Å². The zero-order valence-electron chi connectivity index (χ0n) is 14.3. The van der Waals surface area contributed by atoms with Crippen LogP contribution < -0.4 is 10.1 Å². The molecule has 1 saturated heterocycles. The molecule has 1 heterocycles. The molecule has 0 spiro atoms. The average Bonchev–Trinajstić information content (AvgIpc) is 2.62. The summed E-state index contributed by atoms with van der Waals surface area (Å²) in [4.78, 5) is 0.367. The second-order valence-electron chi connectivity index (χ2n) is 5.84. The molecule has 2 aromatic carbocycles. The Morgan fingerprint density at radius 2 is 1.80 bits per heavy atom. The van der Waals surface area contributed by atoms with Gasteiger partial charge in [0.1, 0.15) is 5.75 Å². The highest BCUT2D eigenvalue weighted by atomic mass is 35.5. The smallest absolute Gasteiger partial charge is 0.243 e. The molecule has 0 aromatic heterocycles. The van der Waals surface area contributed by atoms with E-state index >= 15 is 0 Å². The summed E-state index contributed by atoms with van der Waals surface area (Å²) in [6.45, 7) is 3.45. The third-order valence-electron chi connectivity index (χ3n) is 4.37. The molecule has 1 fully saturated rings. The van der Waals surface area contributed by atoms with Gasteiger partial charge in [-0.15, -0.1) is 12.4 Å². The van der Waals surface area contributed by atoms with Gasteiger partial charge in [-0.05, 0) is 24.6 Å². The standard InChI is InChI=1S/C18H22N2O3S.ClH/c1-14-7-3-6-10-18(14)24(21,22)20-12-11-19-13-16(20)15-8-4-5-9-17(15)23-2;/h3-10,16,19H,11-13H2,1-2H3;1H. The summed E-state index contributed by atoms with van der Waals surface area (Å²) in [6, 6.07) is 14.4. The van der Waals surface area contributed by atoms with Crippen molar-refractivity contribution in [2.75, 3.05) is 26.7 Å². The maximum atomic E-state index is 13.2. The molecule has 0 amide bonds. The Bertz CT molecular complexity index is 827. The molecule has 0 radical (unpaired) electrons. The monoisotopic (exact) mass is 382 g/mol. The normalized spacial score (nSPS) is 18.4. The first-order chi connectivity index (χ1) is 11.6. The molecule has 1 atom stereocenters. The molecule has 1 aliphatic rings. The first kappa shape index (κ1) is 19.7. The van der Waals surface area contributed by atoms with Gasteiger partial charge in [0.15, 0.2) is 0 Å². The molecule has 1 N–H and O–H groups in total. The van der Waals surface area contributed by atoms with Crippen molar-refractivity contribution in [2.45, 2.75) is 17.9 Å². The number of halogens is 1. The van der Waals surface area contributed by atoms with Crippen LogP contribution in [0.3, 0.4) is 0 Å². The number of hydrogen-bond donors (Lipinski definition) is 1. The van der Waals surface area contributed by atoms with Crippen LogP contribution in [0.15, 0.2) is 53.4 Å². The highest BCUT2D eigenvalue weighted by Crippen LogP contribution is 2.34. The summed E-state index contributed by atoms with van der Waals surface area (Å²) >= 11 is 0. The number of nitrogens with one attached hydrogen (secondary N) is 1. The number of benzene rings is 2. The van der Waals surface area contributed by atoms with Gasteiger partial charge in [0.2, 0.25) is 10.0 Å². The van der Waals surface area contributed by atoms with Crippen molar-refractivity contribution < 1.29 is 13.2 Å². The Hall–Kier alpha value is -1.60. The molecule has 1 unspecified atom stereocenters. The minimum Gasteiger partial charge on any atom is -0.496 e. The molecule has 7 heteroatoms. The summed E-state index contributed by atoms with van der Waals surface area (Å²) in [6.07, 6.45) is 0. The van der Waals surface area contributed by atoms with Crippen LogP contribution in [0.1, 0.15) is 17.2 Å². The quantitative estimate of drug-likeness (QED) is 0.883. The first-order valence-electron chi connectivity index (χ1n) is 7.97. The van der Waals surface area contributed by atoms with Gasteiger partial charge in [-0.2, -0.15) is 4.31 Å². The maximum Gasteiger partial charge on any atom is 0.243 e. The SMILES string of the molecule is COc1ccccc1C1CNCCN1S(=O)(=O)c1ccccc1C.Cl. The fourth-order valence-electron chi connectivity index (χ4n) is 3.15. The lowest BCUT2D eigenvalue weighted by molar-refractivity contribution is 0.264. The van der Waals surface area contributed by atoms with Crippen molar-refractivity contribution in [2.24, 2.45) is 0 Å². The van der Waals surface area contributed by atoms with Crippen molar-refractivity contribution in [3.63, 3.8) is 0 Å². The van der Waals surface area contributed by atoms with Crippen molar-refractivity contribution in [3.8, 4) is 5.75 Å². The van der Waals surface area contributed by atoms with Gasteiger partial charge in [0.05, 0.1) is 18.0 Å². The summed E-state index contributed by atoms with van der Waals surface area (Å²) in [5.74, 6) is 0.705. The summed E-state index contributed by atoms with van der Waals surface area (Å²) in [7, 11) is -1.97. The summed E-state index contributed by atoms with van der Waals surface area (Å²) in [5.41, 5.74) is 1.64. The van der Waals surface area contributed by atoms with Gasteiger partial charge in [0, 0.05) is 25.2 Å². The van der Waals surface area contributed by atoms with Gasteiger partial charge in [-0.25, -0.2) is 8.42 Å². The van der Waals surface area contributed by atoms with Crippen LogP contribution >= 0.6 is 12.4 Å². The fraction of sp³-hybridized carbons (Fsp3) is 0.333. The Morgan fingerprint density at radius 3 is 2.52 bits per heavy atom. The van der Waals surface area contributed by atoms with Crippen LogP contribution in [0.25, 0.3) is 0 Å². The number of sulfonamides is 1. The van der Waals surface area contributed by atoms with E-state index in [0.717, 1.165) is 11.1 Å². The lowest BCUT2D eigenvalue weighted by Crippen LogP contribution is -2.48. The predicted molar refractivity (Wildman–Crippen MR) is 101 cm³/mol. The van der Waals surface area contributed by atoms with E-state index in [1.54, 1.807) is 23.5 Å². The summed E-state index contributed by atoms with van der Waals surface area (Å²) < 4.78 is 33.5. The van der Waals surface area contributed by atoms with Crippen molar-refractivity contribution in [1.29, 1.82) is 0 Å². The maximum absolute atomic E-state index is 13.2. The molecular weight excluding hydrogens is 360 g/mol. The van der Waals surface area contributed by atoms with E-state index in [0.29, 0.717) is 30.3 Å². The van der Waals surface area contributed by atoms with E-state index in [1.807, 2.05) is 43.3 Å². The molecule has 0 saturated carbocycles. The topological polar surface area (TPSA) is 58.6 Å². The number of rotatable bonds is 4. The number of para-hydroxylation sites is 1. The number of hydrogen-bond acceptors (Lipinski definition) is 4. The molecule has 1 aliphatic heterocycles. The van der Waals surface area contributed by atoms with Gasteiger partial charge in [0.25, 0.3) is 0 Å². The summed E-state index contributed by atoms with van der Waals surface area (Å²) in [5, 5.41) is 3.29. The van der Waals surface area contributed by atoms with Crippen LogP contribution in [0, 0.1) is 6.92 Å². The Labute approximate surface area is 155 Å². The van der Waals surface area contributed by atoms with Crippen LogP contribution in [0.2, 0.25) is 0 Å². The fourth-order valence-corrected chi connectivity index (χ4v) is 4.99. The van der Waals surface area contributed by atoms with E-state index in [4.69, 9.17) is 4.74 Å². The predicted octanol–water partition coefficient (Wildman–Crippen LogP) is 2.76. The Morgan fingerprint density at radius 1 is 1.12 bits per heavy atom. The zero-order valence-corrected chi connectivity index (χ0v) is 15.9. The van der Waals surface area contributed by atoms with Crippen LogP contribution in [-0.4, -0.2) is 39.5 Å². The van der Waals surface area contributed by atoms with E-state index in [2.05, 4.69) is 5.32 Å². The third kappa shape index (κ3) is 3.82. The van der Waals surface area contributed by atoms with Crippen LogP contribution in [-0.2, 0) is 10.0 Å². The van der Waals surface area contributed by atoms with Gasteiger partial charge in [-0.1, -0.05) is 36.4 Å². The van der Waals surface area contributed by atoms with Crippen molar-refractivity contribution in [3.05, 3.63) is 59.7 Å². The number of nitrogens with zero attached hydrogens (tertiary/aromatic N) is 1. The third-order valence-corrected chi connectivity index (χ3v) is 6.44. The van der Waals surface area contributed by atoms with E-state index in [1.165, 1.54) is 0 Å². The van der Waals surface area contributed by atoms with Gasteiger partial charge in [-0.3, -0.25) is 0 Å². The van der Waals surface area contributed by atoms with E-state index in [9.17, 15) is 8.42 Å². The zero-order chi connectivity index (χ0) is 17.2. The van der Waals surface area contributed by atoms with Crippen molar-refractivity contribution in [1.82, 2.24) is 9.62 Å². The molecule has 3 rings (SSSR count). The number of methoxy groups -OCH3 is 1. The molecule has 136 valence electrons. The van der Waals surface area contributed by atoms with E-state index in [-0.39, 0.29) is 18.4 Å². The lowest BCUT2D eigenvalue weighted by atomic mass is 10.0. The molecule has 25 heavy (non-hydrogen) atoms. The molecular formula is C18H23ClN2O3S. The largest absolute Gasteiger partial charge is 0.496 e. The molecule has 0 aliphatic carbocycles. The number of ether oxygens (including phenoxy) is 1. The first-order valence-corrected chi connectivity index (χ1v) is 9.41. The van der Waals surface area contributed by atoms with Crippen molar-refractivity contribution >= 4 is 22.4 Å². The molecule has 0 bridgehead atoms. The number of piperazine rings is 1. The number of aryl methyl sites for hydroxylation is 1. The van der Waals surface area contributed by atoms with Crippen LogP contribution in [0.5, 0.6) is 5.75 Å². The highest BCUT2D eigenvalue weighted by Gasteiger charge is 2.36. The van der Waals surface area contributed by atoms with E-state index < -0.39 is 10.0 Å². The Kier molecular flexibility index (Phi) is 6.46. The van der Waals surface area contributed by atoms with Crippen LogP contribution in [0.4, 0.5) is 0 Å². The second-order valence-corrected chi connectivity index (χ2v) is 7.70. The minimum atomic E-state index is -3.58. The molecule has 2 aromatic rings. The Balaban J connectivity index is 0.00000225. The lowest BCUT2D eigenvalue weighted by Gasteiger charge is -2.36. The highest BCUT2D eigenvalue weighted by molar-refractivity contribution is 7.89. The molecule has 5 nitrogen and oxygen atoms in total. The second kappa shape index (κ2) is 8.19.